The van der Waals surface area contributed by atoms with Crippen LogP contribution >= 0.6 is 0 Å². The third-order valence-electron chi connectivity index (χ3n) is 10.5. The number of nitrogens with zero attached hydrogens (tertiary/aromatic N) is 2. The van der Waals surface area contributed by atoms with Crippen LogP contribution in [0.5, 0.6) is 5.75 Å². The number of rotatable bonds is 4. The van der Waals surface area contributed by atoms with E-state index in [1.165, 1.54) is 11.1 Å². The zero-order valence-electron chi connectivity index (χ0n) is 25.2. The molecule has 3 saturated heterocycles. The number of benzene rings is 1. The average molecular weight is 541 g/mol. The van der Waals surface area contributed by atoms with E-state index in [0.717, 1.165) is 43.8 Å². The van der Waals surface area contributed by atoms with Crippen LogP contribution in [-0.2, 0) is 14.6 Å². The topological polar surface area (TPSA) is 51.2 Å². The van der Waals surface area contributed by atoms with E-state index in [1.54, 1.807) is 7.11 Å². The van der Waals surface area contributed by atoms with Gasteiger partial charge in [0, 0.05) is 31.0 Å². The monoisotopic (exact) mass is 540 g/mol. The lowest BCUT2D eigenvalue weighted by molar-refractivity contribution is -0.00876. The maximum Gasteiger partial charge on any atom is 0.416 e. The highest BCUT2D eigenvalue weighted by atomic mass is 28.4. The van der Waals surface area contributed by atoms with Gasteiger partial charge in [0.15, 0.2) is 8.32 Å². The van der Waals surface area contributed by atoms with Crippen LogP contribution in [0.2, 0.25) is 18.1 Å². The Hall–Kier alpha value is -1.83. The molecule has 5 atom stereocenters. The summed E-state index contributed by atoms with van der Waals surface area (Å²) in [4.78, 5) is 18.8. The van der Waals surface area contributed by atoms with Gasteiger partial charge in [0.1, 0.15) is 17.0 Å². The highest BCUT2D eigenvalue weighted by Crippen LogP contribution is 2.70. The fourth-order valence-electron chi connectivity index (χ4n) is 7.77. The molecule has 1 amide bonds. The first-order valence-corrected chi connectivity index (χ1v) is 17.3. The molecule has 6 nitrogen and oxygen atoms in total. The quantitative estimate of drug-likeness (QED) is 0.301. The molecule has 4 bridgehead atoms. The van der Waals surface area contributed by atoms with Gasteiger partial charge in [-0.05, 0) is 94.8 Å². The number of hydrogen-bond acceptors (Lipinski definition) is 5. The molecule has 1 saturated carbocycles. The first-order chi connectivity index (χ1) is 17.6. The molecule has 1 aromatic rings. The van der Waals surface area contributed by atoms with Crippen LogP contribution in [0, 0.1) is 11.8 Å². The largest absolute Gasteiger partial charge is 0.497 e. The smallest absolute Gasteiger partial charge is 0.416 e. The van der Waals surface area contributed by atoms with E-state index < -0.39 is 19.6 Å². The van der Waals surface area contributed by atoms with Gasteiger partial charge in [-0.3, -0.25) is 9.80 Å². The van der Waals surface area contributed by atoms with Gasteiger partial charge in [-0.15, -0.1) is 0 Å². The number of fused-ring (bicyclic) bond motifs is 3. The van der Waals surface area contributed by atoms with Gasteiger partial charge in [-0.2, -0.15) is 0 Å². The van der Waals surface area contributed by atoms with E-state index >= 15 is 0 Å². The number of amides is 1. The van der Waals surface area contributed by atoms with Gasteiger partial charge in [0.2, 0.25) is 0 Å². The summed E-state index contributed by atoms with van der Waals surface area (Å²) in [6.07, 6.45) is 5.07. The van der Waals surface area contributed by atoms with Crippen LogP contribution in [0.3, 0.4) is 0 Å². The molecule has 6 rings (SSSR count). The molecule has 1 unspecified atom stereocenters. The lowest BCUT2D eigenvalue weighted by Crippen LogP contribution is -2.68. The van der Waals surface area contributed by atoms with Gasteiger partial charge < -0.3 is 13.9 Å². The Morgan fingerprint density at radius 2 is 1.87 bits per heavy atom. The summed E-state index contributed by atoms with van der Waals surface area (Å²) < 4.78 is 18.9. The zero-order valence-corrected chi connectivity index (χ0v) is 26.2. The molecule has 1 aromatic carbocycles. The van der Waals surface area contributed by atoms with Crippen LogP contribution in [0.15, 0.2) is 29.8 Å². The van der Waals surface area contributed by atoms with Gasteiger partial charge in [-0.1, -0.05) is 32.4 Å². The Morgan fingerprint density at radius 1 is 1.16 bits per heavy atom. The summed E-state index contributed by atoms with van der Waals surface area (Å²) in [5.74, 6) is 1.54. The number of carbonyl (C=O) groups is 1. The van der Waals surface area contributed by atoms with Gasteiger partial charge in [0.05, 0.1) is 12.8 Å². The molecule has 4 heterocycles. The minimum absolute atomic E-state index is 0.136. The SMILES string of the molecule is C/C=C1/CN2CC[C@@]34c5cc(OC)ccc5N(C(=O)OC(C)(C)C)[C@@]23CC[C@@H]1[C@H]4CO[Si](C)(C)C(C)(C)C. The van der Waals surface area contributed by atoms with E-state index in [2.05, 4.69) is 63.9 Å². The predicted molar refractivity (Wildman–Crippen MR) is 155 cm³/mol. The molecular formula is C31H48N2O4Si. The van der Waals surface area contributed by atoms with Crippen molar-refractivity contribution in [3.63, 3.8) is 0 Å². The molecule has 7 heteroatoms. The Balaban J connectivity index is 1.73. The standard InChI is InChI=1S/C31H48N2O4Si/c1-11-21-19-32-17-16-30-24-18-22(35-8)12-13-26(24)33(27(34)37-28(2,3)4)31(30,32)15-14-23(21)25(30)20-36-38(9,10)29(5,6)7/h11-13,18,23,25H,14-17,19-20H2,1-10H3/b21-11-/t23-,25+,30-,31+/m0/s1. The summed E-state index contributed by atoms with van der Waals surface area (Å²) in [5.41, 5.74) is 2.41. The van der Waals surface area contributed by atoms with Crippen LogP contribution in [-0.4, -0.2) is 57.4 Å². The number of allylic oxidation sites excluding steroid dienone is 1. The molecule has 0 aromatic heterocycles. The average Bonchev–Trinajstić information content (AvgIpc) is 3.17. The van der Waals surface area contributed by atoms with E-state index in [9.17, 15) is 4.79 Å². The molecule has 0 radical (unpaired) electrons. The number of carbonyl (C=O) groups excluding carboxylic acids is 1. The fraction of sp³-hybridized carbons (Fsp3) is 0.710. The highest BCUT2D eigenvalue weighted by molar-refractivity contribution is 6.74. The molecular weight excluding hydrogens is 492 g/mol. The van der Waals surface area contributed by atoms with Gasteiger partial charge in [-0.25, -0.2) is 4.79 Å². The second-order valence-electron chi connectivity index (χ2n) is 14.3. The Bertz CT molecular complexity index is 1150. The molecule has 38 heavy (non-hydrogen) atoms. The molecule has 5 aliphatic rings. The second-order valence-corrected chi connectivity index (χ2v) is 19.2. The summed E-state index contributed by atoms with van der Waals surface area (Å²) in [7, 11) is -0.258. The molecule has 210 valence electrons. The van der Waals surface area contributed by atoms with Crippen molar-refractivity contribution in [3.05, 3.63) is 35.4 Å². The maximum atomic E-state index is 14.2. The lowest BCUT2D eigenvalue weighted by Gasteiger charge is -2.55. The van der Waals surface area contributed by atoms with E-state index in [-0.39, 0.29) is 22.5 Å². The predicted octanol–water partition coefficient (Wildman–Crippen LogP) is 7.10. The van der Waals surface area contributed by atoms with Crippen molar-refractivity contribution in [1.29, 1.82) is 0 Å². The highest BCUT2D eigenvalue weighted by Gasteiger charge is 2.76. The zero-order chi connectivity index (χ0) is 27.9. The summed E-state index contributed by atoms with van der Waals surface area (Å²) >= 11 is 0. The Morgan fingerprint density at radius 3 is 2.47 bits per heavy atom. The fourth-order valence-corrected chi connectivity index (χ4v) is 8.80. The maximum absolute atomic E-state index is 14.2. The van der Waals surface area contributed by atoms with E-state index in [1.807, 2.05) is 31.7 Å². The summed E-state index contributed by atoms with van der Waals surface area (Å²) in [6, 6.07) is 6.28. The van der Waals surface area contributed by atoms with Crippen molar-refractivity contribution < 1.29 is 18.7 Å². The number of anilines is 1. The second kappa shape index (κ2) is 8.83. The number of hydrogen-bond donors (Lipinski definition) is 0. The molecule has 4 aliphatic heterocycles. The Labute approximate surface area is 230 Å². The van der Waals surface area contributed by atoms with Gasteiger partial charge in [0.25, 0.3) is 0 Å². The third kappa shape index (κ3) is 3.75. The summed E-state index contributed by atoms with van der Waals surface area (Å²) in [5, 5.41) is 0.136. The normalized spacial score (nSPS) is 33.3. The minimum atomic E-state index is -1.99. The van der Waals surface area contributed by atoms with Crippen molar-refractivity contribution in [1.82, 2.24) is 4.90 Å². The Kier molecular flexibility index (Phi) is 6.45. The molecule has 4 fully saturated rings. The molecule has 0 N–H and O–H groups in total. The summed E-state index contributed by atoms with van der Waals surface area (Å²) in [6.45, 7) is 22.3. The van der Waals surface area contributed by atoms with Crippen molar-refractivity contribution >= 4 is 20.1 Å². The third-order valence-corrected chi connectivity index (χ3v) is 15.0. The van der Waals surface area contributed by atoms with Crippen molar-refractivity contribution in [2.24, 2.45) is 11.8 Å². The van der Waals surface area contributed by atoms with Crippen LogP contribution in [0.25, 0.3) is 0 Å². The van der Waals surface area contributed by atoms with Crippen molar-refractivity contribution in [2.75, 3.05) is 31.7 Å². The number of ether oxygens (including phenoxy) is 2. The number of methoxy groups -OCH3 is 1. The first kappa shape index (κ1) is 27.7. The minimum Gasteiger partial charge on any atom is -0.497 e. The van der Waals surface area contributed by atoms with Crippen LogP contribution in [0.4, 0.5) is 10.5 Å². The van der Waals surface area contributed by atoms with Crippen LogP contribution in [0.1, 0.15) is 73.3 Å². The molecule has 1 aliphatic carbocycles. The molecule has 1 spiro atoms. The van der Waals surface area contributed by atoms with E-state index in [4.69, 9.17) is 13.9 Å². The van der Waals surface area contributed by atoms with Crippen molar-refractivity contribution in [3.8, 4) is 5.75 Å². The van der Waals surface area contributed by atoms with E-state index in [0.29, 0.717) is 12.5 Å². The van der Waals surface area contributed by atoms with Gasteiger partial charge >= 0.3 is 6.09 Å². The van der Waals surface area contributed by atoms with Crippen molar-refractivity contribution in [2.45, 2.75) is 103 Å². The lowest BCUT2D eigenvalue weighted by atomic mass is 9.54. The van der Waals surface area contributed by atoms with Crippen LogP contribution < -0.4 is 9.64 Å². The first-order valence-electron chi connectivity index (χ1n) is 14.4.